The van der Waals surface area contributed by atoms with Crippen molar-refractivity contribution in [3.8, 4) is 0 Å². The first kappa shape index (κ1) is 14.0. The third-order valence-corrected chi connectivity index (χ3v) is 4.12. The van der Waals surface area contributed by atoms with Crippen LogP contribution in [0.5, 0.6) is 0 Å². The second-order valence-electron chi connectivity index (χ2n) is 5.73. The Hall–Kier alpha value is -1.96. The molecule has 2 N–H and O–H groups in total. The first-order valence-electron chi connectivity index (χ1n) is 7.05. The Morgan fingerprint density at radius 3 is 2.52 bits per heavy atom. The van der Waals surface area contributed by atoms with E-state index in [2.05, 4.69) is 10.1 Å². The summed E-state index contributed by atoms with van der Waals surface area (Å²) in [7, 11) is 0. The van der Waals surface area contributed by atoms with E-state index < -0.39 is 23.8 Å². The van der Waals surface area contributed by atoms with E-state index >= 15 is 0 Å². The highest BCUT2D eigenvalue weighted by molar-refractivity contribution is 5.80. The summed E-state index contributed by atoms with van der Waals surface area (Å²) in [4.78, 5) is 28.5. The maximum absolute atomic E-state index is 11.2. The van der Waals surface area contributed by atoms with Gasteiger partial charge >= 0.3 is 11.9 Å². The van der Waals surface area contributed by atoms with Crippen molar-refractivity contribution in [3.63, 3.8) is 0 Å². The van der Waals surface area contributed by atoms with Crippen LogP contribution in [0.4, 0.5) is 0 Å². The third-order valence-electron chi connectivity index (χ3n) is 4.12. The van der Waals surface area contributed by atoms with Crippen molar-refractivity contribution >= 4 is 11.9 Å². The van der Waals surface area contributed by atoms with Crippen molar-refractivity contribution in [2.45, 2.75) is 31.7 Å². The lowest BCUT2D eigenvalue weighted by Crippen LogP contribution is -2.46. The number of hydrogen-bond donors (Lipinski definition) is 2. The smallest absolute Gasteiger partial charge is 0.308 e. The van der Waals surface area contributed by atoms with Crippen LogP contribution in [-0.4, -0.2) is 50.3 Å². The molecule has 0 bridgehead atoms. The summed E-state index contributed by atoms with van der Waals surface area (Å²) in [6.45, 7) is 1.07. The largest absolute Gasteiger partial charge is 0.481 e. The van der Waals surface area contributed by atoms with E-state index in [9.17, 15) is 14.7 Å². The maximum Gasteiger partial charge on any atom is 0.308 e. The lowest BCUT2D eigenvalue weighted by atomic mass is 9.85. The van der Waals surface area contributed by atoms with Gasteiger partial charge in [0.05, 0.1) is 18.4 Å². The van der Waals surface area contributed by atoms with E-state index in [1.165, 1.54) is 0 Å². The predicted molar refractivity (Wildman–Crippen MR) is 68.4 cm³/mol. The van der Waals surface area contributed by atoms with Crippen LogP contribution < -0.4 is 0 Å². The fourth-order valence-electron chi connectivity index (χ4n) is 2.74. The lowest BCUT2D eigenvalue weighted by Gasteiger charge is -2.33. The van der Waals surface area contributed by atoms with E-state index in [1.54, 1.807) is 0 Å². The molecular weight excluding hydrogens is 278 g/mol. The van der Waals surface area contributed by atoms with Crippen LogP contribution in [0.25, 0.3) is 0 Å². The van der Waals surface area contributed by atoms with E-state index in [0.29, 0.717) is 31.3 Å². The van der Waals surface area contributed by atoms with Crippen molar-refractivity contribution in [2.75, 3.05) is 13.1 Å². The minimum Gasteiger partial charge on any atom is -0.481 e. The molecule has 1 aromatic rings. The van der Waals surface area contributed by atoms with Gasteiger partial charge in [-0.2, -0.15) is 4.98 Å². The third kappa shape index (κ3) is 3.05. The monoisotopic (exact) mass is 295 g/mol. The quantitative estimate of drug-likeness (QED) is 0.809. The molecule has 2 aliphatic rings. The summed E-state index contributed by atoms with van der Waals surface area (Å²) in [5.41, 5.74) is 0. The SMILES string of the molecule is O=C(O)C1CCN(Cc2nc(C3CC3)no2)CC1C(=O)O. The number of hydrogen-bond acceptors (Lipinski definition) is 6. The molecule has 2 atom stereocenters. The summed E-state index contributed by atoms with van der Waals surface area (Å²) < 4.78 is 5.17. The van der Waals surface area contributed by atoms with Gasteiger partial charge in [-0.3, -0.25) is 14.5 Å². The van der Waals surface area contributed by atoms with Crippen LogP contribution in [-0.2, 0) is 16.1 Å². The molecule has 114 valence electrons. The van der Waals surface area contributed by atoms with Crippen molar-refractivity contribution in [2.24, 2.45) is 11.8 Å². The molecule has 1 aliphatic heterocycles. The summed E-state index contributed by atoms with van der Waals surface area (Å²) in [6, 6.07) is 0. The average Bonchev–Trinajstić information content (AvgIpc) is 3.19. The van der Waals surface area contributed by atoms with Gasteiger partial charge in [-0.15, -0.1) is 0 Å². The number of aliphatic carboxylic acids is 2. The lowest BCUT2D eigenvalue weighted by molar-refractivity contribution is -0.157. The van der Waals surface area contributed by atoms with Gasteiger partial charge in [0.25, 0.3) is 0 Å². The van der Waals surface area contributed by atoms with Crippen molar-refractivity contribution < 1.29 is 24.3 Å². The fourth-order valence-corrected chi connectivity index (χ4v) is 2.74. The Balaban J connectivity index is 1.63. The van der Waals surface area contributed by atoms with Gasteiger partial charge in [-0.05, 0) is 25.8 Å². The predicted octanol–water partition coefficient (Wildman–Crippen LogP) is 0.554. The molecule has 2 heterocycles. The van der Waals surface area contributed by atoms with Crippen LogP contribution in [0.3, 0.4) is 0 Å². The van der Waals surface area contributed by atoms with E-state index in [-0.39, 0.29) is 6.54 Å². The minimum absolute atomic E-state index is 0.188. The van der Waals surface area contributed by atoms with Gasteiger partial charge in [0.1, 0.15) is 0 Å². The van der Waals surface area contributed by atoms with Gasteiger partial charge in [0.2, 0.25) is 5.89 Å². The molecule has 0 radical (unpaired) electrons. The Kier molecular flexibility index (Phi) is 3.62. The average molecular weight is 295 g/mol. The van der Waals surface area contributed by atoms with Crippen molar-refractivity contribution in [1.29, 1.82) is 0 Å². The molecule has 3 rings (SSSR count). The van der Waals surface area contributed by atoms with Gasteiger partial charge in [-0.25, -0.2) is 0 Å². The Bertz CT molecular complexity index is 554. The first-order chi connectivity index (χ1) is 10.0. The van der Waals surface area contributed by atoms with Crippen LogP contribution >= 0.6 is 0 Å². The highest BCUT2D eigenvalue weighted by atomic mass is 16.5. The normalized spacial score (nSPS) is 26.7. The number of carboxylic acid groups (broad SMARTS) is 2. The molecule has 8 heteroatoms. The molecule has 0 spiro atoms. The number of nitrogens with zero attached hydrogens (tertiary/aromatic N) is 3. The topological polar surface area (TPSA) is 117 Å². The second kappa shape index (κ2) is 5.44. The molecule has 0 amide bonds. The van der Waals surface area contributed by atoms with E-state index in [1.807, 2.05) is 4.90 Å². The molecule has 21 heavy (non-hydrogen) atoms. The summed E-state index contributed by atoms with van der Waals surface area (Å²) >= 11 is 0. The Morgan fingerprint density at radius 2 is 1.90 bits per heavy atom. The van der Waals surface area contributed by atoms with Crippen LogP contribution in [0.2, 0.25) is 0 Å². The summed E-state index contributed by atoms with van der Waals surface area (Å²) in [5, 5.41) is 22.2. The highest BCUT2D eigenvalue weighted by Crippen LogP contribution is 2.38. The van der Waals surface area contributed by atoms with Crippen molar-refractivity contribution in [3.05, 3.63) is 11.7 Å². The zero-order valence-corrected chi connectivity index (χ0v) is 11.4. The zero-order chi connectivity index (χ0) is 15.0. The minimum atomic E-state index is -1.07. The van der Waals surface area contributed by atoms with E-state index in [0.717, 1.165) is 18.7 Å². The number of aromatic nitrogens is 2. The van der Waals surface area contributed by atoms with Crippen LogP contribution in [0, 0.1) is 11.8 Å². The number of piperidine rings is 1. The summed E-state index contributed by atoms with van der Waals surface area (Å²) in [5.74, 6) is -2.25. The second-order valence-corrected chi connectivity index (χ2v) is 5.73. The number of rotatable bonds is 5. The van der Waals surface area contributed by atoms with E-state index in [4.69, 9.17) is 9.63 Å². The number of likely N-dealkylation sites (tertiary alicyclic amines) is 1. The molecule has 2 fully saturated rings. The standard InChI is InChI=1S/C13H17N3O5/c17-12(18)8-3-4-16(5-9(8)13(19)20)6-10-14-11(15-21-10)7-1-2-7/h7-9H,1-6H2,(H,17,18)(H,19,20). The van der Waals surface area contributed by atoms with Crippen LogP contribution in [0.15, 0.2) is 4.52 Å². The number of carbonyl (C=O) groups is 2. The number of carboxylic acids is 2. The molecule has 1 saturated carbocycles. The summed E-state index contributed by atoms with van der Waals surface area (Å²) in [6.07, 6.45) is 2.49. The fraction of sp³-hybridized carbons (Fsp3) is 0.692. The molecule has 8 nitrogen and oxygen atoms in total. The molecular formula is C13H17N3O5. The molecule has 1 saturated heterocycles. The zero-order valence-electron chi connectivity index (χ0n) is 11.4. The van der Waals surface area contributed by atoms with Gasteiger partial charge in [0.15, 0.2) is 5.82 Å². The van der Waals surface area contributed by atoms with Crippen molar-refractivity contribution in [1.82, 2.24) is 15.0 Å². The Morgan fingerprint density at radius 1 is 1.19 bits per heavy atom. The maximum atomic E-state index is 11.2. The van der Waals surface area contributed by atoms with Gasteiger partial charge < -0.3 is 14.7 Å². The molecule has 1 aromatic heterocycles. The van der Waals surface area contributed by atoms with Crippen LogP contribution in [0.1, 0.15) is 36.9 Å². The Labute approximate surface area is 120 Å². The molecule has 2 unspecified atom stereocenters. The first-order valence-corrected chi connectivity index (χ1v) is 7.05. The van der Waals surface area contributed by atoms with Gasteiger partial charge in [0, 0.05) is 12.5 Å². The van der Waals surface area contributed by atoms with Gasteiger partial charge in [-0.1, -0.05) is 5.16 Å². The molecule has 0 aromatic carbocycles. The highest BCUT2D eigenvalue weighted by Gasteiger charge is 2.39. The molecule has 1 aliphatic carbocycles.